The highest BCUT2D eigenvalue weighted by Crippen LogP contribution is 2.48. The number of benzene rings is 3. The van der Waals surface area contributed by atoms with Crippen molar-refractivity contribution in [2.45, 2.75) is 78.1 Å². The molecule has 0 aromatic heterocycles. The Labute approximate surface area is 230 Å². The van der Waals surface area contributed by atoms with Gasteiger partial charge in [0.25, 0.3) is 0 Å². The molecule has 0 saturated heterocycles. The third-order valence-corrected chi connectivity index (χ3v) is 8.62. The number of rotatable bonds is 10. The van der Waals surface area contributed by atoms with Crippen LogP contribution < -0.4 is 0 Å². The van der Waals surface area contributed by atoms with Gasteiger partial charge in [0.15, 0.2) is 0 Å². The zero-order valence-electron chi connectivity index (χ0n) is 22.4. The highest BCUT2D eigenvalue weighted by atomic mass is 79.9. The molecule has 194 valence electrons. The molecule has 0 amide bonds. The van der Waals surface area contributed by atoms with Gasteiger partial charge in [0.05, 0.1) is 11.3 Å². The predicted molar refractivity (Wildman–Crippen MR) is 158 cm³/mol. The number of hydrogen-bond donors (Lipinski definition) is 1. The van der Waals surface area contributed by atoms with Crippen LogP contribution in [0.15, 0.2) is 76.2 Å². The Hall–Kier alpha value is -2.72. The highest BCUT2D eigenvalue weighted by molar-refractivity contribution is 9.10. The second-order valence-electron chi connectivity index (χ2n) is 11.0. The Morgan fingerprint density at radius 3 is 2.46 bits per heavy atom. The Morgan fingerprint density at radius 1 is 1.03 bits per heavy atom. The van der Waals surface area contributed by atoms with Crippen LogP contribution in [-0.2, 0) is 12.8 Å². The fourth-order valence-electron chi connectivity index (χ4n) is 5.80. The van der Waals surface area contributed by atoms with Crippen LogP contribution in [0, 0.1) is 5.41 Å². The molecule has 4 rings (SSSR count). The van der Waals surface area contributed by atoms with Crippen LogP contribution in [-0.4, -0.2) is 16.8 Å². The van der Waals surface area contributed by atoms with Crippen molar-refractivity contribution < 1.29 is 9.90 Å². The molecule has 0 fully saturated rings. The molecule has 1 aliphatic rings. The minimum absolute atomic E-state index is 0.0151. The van der Waals surface area contributed by atoms with Crippen molar-refractivity contribution in [3.05, 3.63) is 99.0 Å². The number of carboxylic acid groups (broad SMARTS) is 1. The summed E-state index contributed by atoms with van der Waals surface area (Å²) in [4.78, 5) is 16.9. The number of fused-ring (bicyclic) bond motifs is 1. The van der Waals surface area contributed by atoms with Gasteiger partial charge in [0, 0.05) is 15.6 Å². The number of aliphatic imine (C=N–C) groups is 1. The van der Waals surface area contributed by atoms with Crippen LogP contribution in [0.5, 0.6) is 0 Å². The number of aryl methyl sites for hydroxylation is 2. The van der Waals surface area contributed by atoms with Crippen LogP contribution in [0.1, 0.15) is 97.8 Å². The monoisotopic (exact) mass is 559 g/mol. The molecule has 1 N–H and O–H groups in total. The second-order valence-corrected chi connectivity index (χ2v) is 11.9. The first kappa shape index (κ1) is 27.3. The molecule has 0 bridgehead atoms. The summed E-state index contributed by atoms with van der Waals surface area (Å²) >= 11 is 3.51. The number of hydrogen-bond acceptors (Lipinski definition) is 2. The molecule has 0 aliphatic carbocycles. The van der Waals surface area contributed by atoms with Crippen molar-refractivity contribution in [1.29, 1.82) is 0 Å². The van der Waals surface area contributed by atoms with Crippen LogP contribution in [0.3, 0.4) is 0 Å². The Balaban J connectivity index is 1.58. The number of nitrogens with zero attached hydrogens (tertiary/aromatic N) is 1. The zero-order chi connectivity index (χ0) is 26.6. The quantitative estimate of drug-likeness (QED) is 0.268. The summed E-state index contributed by atoms with van der Waals surface area (Å²) in [6, 6.07) is 22.7. The molecular weight excluding hydrogens is 522 g/mol. The van der Waals surface area contributed by atoms with Crippen molar-refractivity contribution in [3.63, 3.8) is 0 Å². The fourth-order valence-corrected chi connectivity index (χ4v) is 6.07. The maximum absolute atomic E-state index is 11.8. The molecule has 3 nitrogen and oxygen atoms in total. The Bertz CT molecular complexity index is 1280. The second kappa shape index (κ2) is 11.8. The van der Waals surface area contributed by atoms with E-state index >= 15 is 0 Å². The minimum atomic E-state index is -0.871. The van der Waals surface area contributed by atoms with Gasteiger partial charge in [-0.15, -0.1) is 0 Å². The lowest BCUT2D eigenvalue weighted by molar-refractivity contribution is 0.0696. The minimum Gasteiger partial charge on any atom is -0.478 e. The van der Waals surface area contributed by atoms with Gasteiger partial charge < -0.3 is 5.11 Å². The van der Waals surface area contributed by atoms with E-state index in [1.54, 1.807) is 6.07 Å². The normalized spacial score (nSPS) is 17.1. The van der Waals surface area contributed by atoms with Crippen molar-refractivity contribution in [2.75, 3.05) is 0 Å². The van der Waals surface area contributed by atoms with E-state index in [2.05, 4.69) is 92.2 Å². The van der Waals surface area contributed by atoms with E-state index < -0.39 is 5.97 Å². The molecular formula is C33H38BrNO2. The van der Waals surface area contributed by atoms with Crippen molar-refractivity contribution in [2.24, 2.45) is 10.4 Å². The highest BCUT2D eigenvalue weighted by Gasteiger charge is 2.38. The van der Waals surface area contributed by atoms with Crippen LogP contribution in [0.2, 0.25) is 0 Å². The smallest absolute Gasteiger partial charge is 0.335 e. The number of halogens is 1. The van der Waals surface area contributed by atoms with E-state index in [-0.39, 0.29) is 11.3 Å². The molecule has 2 atom stereocenters. The summed E-state index contributed by atoms with van der Waals surface area (Å²) in [5.41, 5.74) is 7.76. The number of para-hydroxylation sites is 1. The molecule has 1 heterocycles. The van der Waals surface area contributed by atoms with E-state index in [0.29, 0.717) is 11.5 Å². The van der Waals surface area contributed by atoms with Gasteiger partial charge in [-0.25, -0.2) is 4.79 Å². The van der Waals surface area contributed by atoms with Gasteiger partial charge in [-0.1, -0.05) is 86.4 Å². The average molecular weight is 561 g/mol. The molecule has 3 aromatic rings. The summed E-state index contributed by atoms with van der Waals surface area (Å²) < 4.78 is 1.08. The zero-order valence-corrected chi connectivity index (χ0v) is 24.0. The summed E-state index contributed by atoms with van der Waals surface area (Å²) in [5, 5.41) is 9.67. The van der Waals surface area contributed by atoms with E-state index in [1.807, 2.05) is 12.1 Å². The van der Waals surface area contributed by atoms with Gasteiger partial charge in [-0.2, -0.15) is 0 Å². The van der Waals surface area contributed by atoms with Gasteiger partial charge in [-0.05, 0) is 96.5 Å². The SMILES string of the molecule is CCCC1c2ccccc2N=C(CCc2ccc(C(=O)O)cc2C(C)CCc2ccc(Br)cc2)C1(C)C. The Kier molecular flexibility index (Phi) is 8.69. The van der Waals surface area contributed by atoms with E-state index in [9.17, 15) is 9.90 Å². The molecule has 1 aliphatic heterocycles. The maximum Gasteiger partial charge on any atom is 0.335 e. The third-order valence-electron chi connectivity index (χ3n) is 8.09. The van der Waals surface area contributed by atoms with Gasteiger partial charge in [0.2, 0.25) is 0 Å². The fraction of sp³-hybridized carbons (Fsp3) is 0.394. The lowest BCUT2D eigenvalue weighted by Gasteiger charge is -2.40. The molecule has 0 saturated carbocycles. The number of carbonyl (C=O) groups is 1. The molecule has 0 radical (unpaired) electrons. The van der Waals surface area contributed by atoms with Crippen molar-refractivity contribution in [3.8, 4) is 0 Å². The first-order chi connectivity index (χ1) is 17.7. The van der Waals surface area contributed by atoms with Crippen molar-refractivity contribution in [1.82, 2.24) is 0 Å². The molecule has 4 heteroatoms. The van der Waals surface area contributed by atoms with Crippen LogP contribution in [0.4, 0.5) is 5.69 Å². The molecule has 0 spiro atoms. The van der Waals surface area contributed by atoms with Crippen LogP contribution >= 0.6 is 15.9 Å². The van der Waals surface area contributed by atoms with Gasteiger partial charge in [0.1, 0.15) is 0 Å². The molecule has 2 unspecified atom stereocenters. The standard InChI is InChI=1S/C33H38BrNO2/c1-5-8-29-27-9-6-7-10-30(27)35-31(33(29,3)4)20-17-24-15-16-25(32(36)37)21-28(24)22(2)11-12-23-13-18-26(34)19-14-23/h6-7,9-10,13-16,18-19,21-22,29H,5,8,11-12,17,20H2,1-4H3,(H,36,37). The van der Waals surface area contributed by atoms with Crippen molar-refractivity contribution >= 4 is 33.3 Å². The molecule has 3 aromatic carbocycles. The van der Waals surface area contributed by atoms with Gasteiger partial charge in [-0.3, -0.25) is 4.99 Å². The van der Waals surface area contributed by atoms with E-state index in [1.165, 1.54) is 22.4 Å². The maximum atomic E-state index is 11.8. The van der Waals surface area contributed by atoms with Crippen LogP contribution in [0.25, 0.3) is 0 Å². The van der Waals surface area contributed by atoms with Gasteiger partial charge >= 0.3 is 5.97 Å². The lowest BCUT2D eigenvalue weighted by Crippen LogP contribution is -2.34. The molecule has 37 heavy (non-hydrogen) atoms. The largest absolute Gasteiger partial charge is 0.478 e. The summed E-state index contributed by atoms with van der Waals surface area (Å²) in [6.45, 7) is 9.17. The lowest BCUT2D eigenvalue weighted by atomic mass is 9.66. The first-order valence-corrected chi connectivity index (χ1v) is 14.3. The summed E-state index contributed by atoms with van der Waals surface area (Å²) in [7, 11) is 0. The van der Waals surface area contributed by atoms with E-state index in [4.69, 9.17) is 4.99 Å². The topological polar surface area (TPSA) is 49.7 Å². The third kappa shape index (κ3) is 6.23. The summed E-state index contributed by atoms with van der Waals surface area (Å²) in [5.74, 6) is -0.155. The average Bonchev–Trinajstić information content (AvgIpc) is 2.88. The first-order valence-electron chi connectivity index (χ1n) is 13.5. The summed E-state index contributed by atoms with van der Waals surface area (Å²) in [6.07, 6.45) is 5.96. The Morgan fingerprint density at radius 2 is 1.76 bits per heavy atom. The number of aromatic carboxylic acids is 1. The number of carboxylic acids is 1. The predicted octanol–water partition coefficient (Wildman–Crippen LogP) is 9.51. The van der Waals surface area contributed by atoms with E-state index in [0.717, 1.165) is 54.2 Å².